The number of fused-ring (bicyclic) bond motifs is 3. The molecule has 1 aromatic heterocycles. The molecule has 0 saturated carbocycles. The number of aromatic hydroxyl groups is 1. The van der Waals surface area contributed by atoms with Crippen molar-refractivity contribution in [3.8, 4) is 17.1 Å². The summed E-state index contributed by atoms with van der Waals surface area (Å²) >= 11 is 0. The van der Waals surface area contributed by atoms with Crippen molar-refractivity contribution in [2.24, 2.45) is 0 Å². The highest BCUT2D eigenvalue weighted by atomic mass is 16.3. The Labute approximate surface area is 138 Å². The Hall–Kier alpha value is -3.33. The third kappa shape index (κ3) is 1.95. The number of aromatic amines is 1. The smallest absolute Gasteiger partial charge is 0.142 e. The molecule has 0 amide bonds. The van der Waals surface area contributed by atoms with Gasteiger partial charge in [0.25, 0.3) is 0 Å². The van der Waals surface area contributed by atoms with Gasteiger partial charge in [-0.2, -0.15) is 0 Å². The fraction of sp³-hybridized carbons (Fsp3) is 0. The molecular weight excluding hydrogens is 296 g/mol. The molecule has 0 aliphatic carbocycles. The van der Waals surface area contributed by atoms with Gasteiger partial charge in [0.05, 0.1) is 16.6 Å². The third-order valence-corrected chi connectivity index (χ3v) is 4.47. The number of hydrogen-bond acceptors (Lipinski definition) is 2. The quantitative estimate of drug-likeness (QED) is 0.445. The van der Waals surface area contributed by atoms with Crippen LogP contribution in [0.2, 0.25) is 0 Å². The molecule has 0 aliphatic rings. The van der Waals surface area contributed by atoms with Crippen molar-refractivity contribution < 1.29 is 5.11 Å². The predicted molar refractivity (Wildman–Crippen MR) is 98.2 cm³/mol. The lowest BCUT2D eigenvalue weighted by molar-refractivity contribution is 0.478. The number of phenolic OH excluding ortho intramolecular Hbond substituents is 1. The summed E-state index contributed by atoms with van der Waals surface area (Å²) in [6.45, 7) is 0. The first kappa shape index (κ1) is 13.1. The first-order valence-corrected chi connectivity index (χ1v) is 7.88. The molecule has 3 heteroatoms. The molecule has 0 unspecified atom stereocenters. The molecule has 4 aromatic carbocycles. The van der Waals surface area contributed by atoms with Gasteiger partial charge in [0.2, 0.25) is 0 Å². The molecule has 5 rings (SSSR count). The standard InChI is InChI=1S/C21H14N2O/c24-20-12-16-8-4-1-5-13(16)9-17(20)21-22-18-10-14-6-2-3-7-15(14)11-19(18)23-21/h1-12,24H,(H,22,23). The Morgan fingerprint density at radius 3 is 2.00 bits per heavy atom. The minimum atomic E-state index is 0.234. The minimum absolute atomic E-state index is 0.234. The summed E-state index contributed by atoms with van der Waals surface area (Å²) in [6, 6.07) is 24.1. The molecular formula is C21H14N2O. The monoisotopic (exact) mass is 310 g/mol. The van der Waals surface area contributed by atoms with Gasteiger partial charge >= 0.3 is 0 Å². The SMILES string of the molecule is Oc1cc2ccccc2cc1-c1nc2cc3ccccc3cc2[nH]1. The van der Waals surface area contributed by atoms with E-state index < -0.39 is 0 Å². The fourth-order valence-electron chi connectivity index (χ4n) is 3.24. The second-order valence-electron chi connectivity index (χ2n) is 6.02. The number of phenols is 1. The van der Waals surface area contributed by atoms with Crippen LogP contribution in [0.5, 0.6) is 5.75 Å². The Kier molecular flexibility index (Phi) is 2.65. The van der Waals surface area contributed by atoms with E-state index in [-0.39, 0.29) is 5.75 Å². The van der Waals surface area contributed by atoms with Gasteiger partial charge in [-0.15, -0.1) is 0 Å². The summed E-state index contributed by atoms with van der Waals surface area (Å²) in [5.74, 6) is 0.917. The second-order valence-corrected chi connectivity index (χ2v) is 6.02. The maximum absolute atomic E-state index is 10.4. The molecule has 1 heterocycles. The molecule has 0 saturated heterocycles. The first-order chi connectivity index (χ1) is 11.8. The number of rotatable bonds is 1. The number of H-pyrrole nitrogens is 1. The topological polar surface area (TPSA) is 48.9 Å². The van der Waals surface area contributed by atoms with E-state index in [9.17, 15) is 5.11 Å². The maximum atomic E-state index is 10.4. The number of nitrogens with zero attached hydrogens (tertiary/aromatic N) is 1. The van der Waals surface area contributed by atoms with Crippen LogP contribution >= 0.6 is 0 Å². The summed E-state index contributed by atoms with van der Waals surface area (Å²) in [5.41, 5.74) is 2.58. The number of benzene rings is 4. The van der Waals surface area contributed by atoms with Crippen LogP contribution in [0, 0.1) is 0 Å². The van der Waals surface area contributed by atoms with Crippen molar-refractivity contribution >= 4 is 32.6 Å². The van der Waals surface area contributed by atoms with Crippen LogP contribution < -0.4 is 0 Å². The van der Waals surface area contributed by atoms with Crippen LogP contribution in [0.25, 0.3) is 44.0 Å². The van der Waals surface area contributed by atoms with Crippen molar-refractivity contribution in [3.63, 3.8) is 0 Å². The molecule has 24 heavy (non-hydrogen) atoms. The Balaban J connectivity index is 1.76. The van der Waals surface area contributed by atoms with Gasteiger partial charge in [0.15, 0.2) is 0 Å². The normalized spacial score (nSPS) is 11.5. The van der Waals surface area contributed by atoms with Gasteiger partial charge in [0, 0.05) is 0 Å². The molecule has 0 fully saturated rings. The highest BCUT2D eigenvalue weighted by Gasteiger charge is 2.11. The lowest BCUT2D eigenvalue weighted by Crippen LogP contribution is -1.83. The van der Waals surface area contributed by atoms with E-state index >= 15 is 0 Å². The summed E-state index contributed by atoms with van der Waals surface area (Å²) in [5, 5.41) is 14.8. The molecule has 0 bridgehead atoms. The summed E-state index contributed by atoms with van der Waals surface area (Å²) in [7, 11) is 0. The highest BCUT2D eigenvalue weighted by Crippen LogP contribution is 2.33. The van der Waals surface area contributed by atoms with Gasteiger partial charge in [-0.1, -0.05) is 48.5 Å². The van der Waals surface area contributed by atoms with E-state index in [0.717, 1.165) is 27.2 Å². The second kappa shape index (κ2) is 4.83. The summed E-state index contributed by atoms with van der Waals surface area (Å²) in [4.78, 5) is 8.02. The van der Waals surface area contributed by atoms with E-state index in [0.29, 0.717) is 11.4 Å². The van der Waals surface area contributed by atoms with E-state index in [4.69, 9.17) is 0 Å². The van der Waals surface area contributed by atoms with Crippen molar-refractivity contribution in [1.29, 1.82) is 0 Å². The van der Waals surface area contributed by atoms with Crippen LogP contribution in [-0.2, 0) is 0 Å². The van der Waals surface area contributed by atoms with Gasteiger partial charge < -0.3 is 10.1 Å². The number of aromatic nitrogens is 2. The third-order valence-electron chi connectivity index (χ3n) is 4.47. The first-order valence-electron chi connectivity index (χ1n) is 7.88. The Morgan fingerprint density at radius 1 is 0.708 bits per heavy atom. The molecule has 0 spiro atoms. The molecule has 5 aromatic rings. The van der Waals surface area contributed by atoms with Crippen molar-refractivity contribution in [2.45, 2.75) is 0 Å². The molecule has 114 valence electrons. The zero-order valence-corrected chi connectivity index (χ0v) is 12.8. The van der Waals surface area contributed by atoms with Crippen molar-refractivity contribution in [1.82, 2.24) is 9.97 Å². The van der Waals surface area contributed by atoms with Gasteiger partial charge in [-0.25, -0.2) is 4.98 Å². The van der Waals surface area contributed by atoms with E-state index in [2.05, 4.69) is 34.2 Å². The maximum Gasteiger partial charge on any atom is 0.142 e. The Morgan fingerprint density at radius 2 is 1.29 bits per heavy atom. The van der Waals surface area contributed by atoms with Crippen LogP contribution in [-0.4, -0.2) is 15.1 Å². The van der Waals surface area contributed by atoms with Crippen molar-refractivity contribution in [3.05, 3.63) is 72.8 Å². The van der Waals surface area contributed by atoms with Gasteiger partial charge in [-0.3, -0.25) is 0 Å². The summed E-state index contributed by atoms with van der Waals surface area (Å²) in [6.07, 6.45) is 0. The number of imidazole rings is 1. The number of nitrogens with one attached hydrogen (secondary N) is 1. The Bertz CT molecular complexity index is 1170. The van der Waals surface area contributed by atoms with Crippen LogP contribution in [0.1, 0.15) is 0 Å². The van der Waals surface area contributed by atoms with E-state index in [1.54, 1.807) is 6.07 Å². The lowest BCUT2D eigenvalue weighted by Gasteiger charge is -2.04. The van der Waals surface area contributed by atoms with E-state index in [1.165, 1.54) is 5.39 Å². The van der Waals surface area contributed by atoms with Gasteiger partial charge in [-0.05, 0) is 45.8 Å². The minimum Gasteiger partial charge on any atom is -0.507 e. The van der Waals surface area contributed by atoms with Gasteiger partial charge in [0.1, 0.15) is 11.6 Å². The number of hydrogen-bond donors (Lipinski definition) is 2. The van der Waals surface area contributed by atoms with Crippen LogP contribution in [0.3, 0.4) is 0 Å². The molecule has 2 N–H and O–H groups in total. The van der Waals surface area contributed by atoms with E-state index in [1.807, 2.05) is 42.5 Å². The predicted octanol–water partition coefficient (Wildman–Crippen LogP) is 5.24. The lowest BCUT2D eigenvalue weighted by atomic mass is 10.1. The largest absolute Gasteiger partial charge is 0.507 e. The molecule has 3 nitrogen and oxygen atoms in total. The molecule has 0 atom stereocenters. The van der Waals surface area contributed by atoms with Crippen LogP contribution in [0.15, 0.2) is 72.8 Å². The zero-order chi connectivity index (χ0) is 16.1. The summed E-state index contributed by atoms with van der Waals surface area (Å²) < 4.78 is 0. The van der Waals surface area contributed by atoms with Crippen LogP contribution in [0.4, 0.5) is 0 Å². The van der Waals surface area contributed by atoms with Crippen molar-refractivity contribution in [2.75, 3.05) is 0 Å². The average Bonchev–Trinajstić information content (AvgIpc) is 3.01. The molecule has 0 aliphatic heterocycles. The zero-order valence-electron chi connectivity index (χ0n) is 12.8. The molecule has 0 radical (unpaired) electrons. The highest BCUT2D eigenvalue weighted by molar-refractivity contribution is 5.97. The fourth-order valence-corrected chi connectivity index (χ4v) is 3.24. The average molecular weight is 310 g/mol.